The molecule has 1 fully saturated rings. The van der Waals surface area contributed by atoms with Crippen LogP contribution in [0.4, 0.5) is 0 Å². The van der Waals surface area contributed by atoms with E-state index in [4.69, 9.17) is 19.2 Å². The summed E-state index contributed by atoms with van der Waals surface area (Å²) in [5, 5.41) is 11.4. The fourth-order valence-corrected chi connectivity index (χ4v) is 3.97. The molecule has 4 rings (SSSR count). The summed E-state index contributed by atoms with van der Waals surface area (Å²) < 4.78 is 10.7. The number of carbonyl (C=O) groups excluding carboxylic acids is 1. The Bertz CT molecular complexity index is 757. The largest absolute Gasteiger partial charge is 0.497 e. The van der Waals surface area contributed by atoms with E-state index in [1.807, 2.05) is 0 Å². The van der Waals surface area contributed by atoms with Crippen LogP contribution in [0.1, 0.15) is 37.7 Å². The molecule has 1 aromatic carbocycles. The van der Waals surface area contributed by atoms with Crippen LogP contribution < -0.4 is 4.74 Å². The highest BCUT2D eigenvalue weighted by atomic mass is 17.2. The molecule has 3 aliphatic rings. The molecular weight excluding hydrogens is 336 g/mol. The lowest BCUT2D eigenvalue weighted by atomic mass is 9.86. The van der Waals surface area contributed by atoms with Gasteiger partial charge in [-0.15, -0.1) is 0 Å². The average molecular weight is 358 g/mol. The van der Waals surface area contributed by atoms with E-state index in [2.05, 4.69) is 0 Å². The summed E-state index contributed by atoms with van der Waals surface area (Å²) in [6.07, 6.45) is 6.78. The summed E-state index contributed by atoms with van der Waals surface area (Å²) >= 11 is 0. The monoisotopic (exact) mass is 358 g/mol. The van der Waals surface area contributed by atoms with E-state index >= 15 is 0 Å². The molecule has 1 N–H and O–H groups in total. The third-order valence-electron chi connectivity index (χ3n) is 5.34. The van der Waals surface area contributed by atoms with Crippen LogP contribution in [0.2, 0.25) is 0 Å². The van der Waals surface area contributed by atoms with Gasteiger partial charge in [-0.25, -0.2) is 4.79 Å². The van der Waals surface area contributed by atoms with Crippen molar-refractivity contribution in [2.45, 2.75) is 37.9 Å². The molecule has 1 saturated carbocycles. The number of benzene rings is 1. The van der Waals surface area contributed by atoms with Crippen LogP contribution in [0.3, 0.4) is 0 Å². The van der Waals surface area contributed by atoms with Gasteiger partial charge in [0, 0.05) is 11.1 Å². The van der Waals surface area contributed by atoms with Gasteiger partial charge in [0.05, 0.1) is 7.11 Å². The van der Waals surface area contributed by atoms with E-state index in [1.165, 1.54) is 12.8 Å². The molecule has 6 heteroatoms. The molecule has 0 aromatic heterocycles. The number of methoxy groups -OCH3 is 1. The van der Waals surface area contributed by atoms with Gasteiger partial charge >= 0.3 is 5.97 Å². The van der Waals surface area contributed by atoms with Gasteiger partial charge in [0.25, 0.3) is 5.79 Å². The molecule has 138 valence electrons. The first kappa shape index (κ1) is 17.1. The van der Waals surface area contributed by atoms with E-state index in [1.54, 1.807) is 37.5 Å². The highest BCUT2D eigenvalue weighted by molar-refractivity contribution is 5.97. The first-order valence-electron chi connectivity index (χ1n) is 8.95. The smallest absolute Gasteiger partial charge is 0.345 e. The van der Waals surface area contributed by atoms with E-state index in [9.17, 15) is 9.90 Å². The van der Waals surface area contributed by atoms with E-state index in [0.29, 0.717) is 35.0 Å². The second-order valence-corrected chi connectivity index (χ2v) is 6.91. The summed E-state index contributed by atoms with van der Waals surface area (Å²) in [4.78, 5) is 22.7. The summed E-state index contributed by atoms with van der Waals surface area (Å²) in [6, 6.07) is 6.90. The Morgan fingerprint density at radius 3 is 2.58 bits per heavy atom. The molecule has 2 heterocycles. The van der Waals surface area contributed by atoms with Crippen molar-refractivity contribution in [1.29, 1.82) is 0 Å². The maximum atomic E-state index is 12.6. The summed E-state index contributed by atoms with van der Waals surface area (Å²) in [7, 11) is 1.58. The van der Waals surface area contributed by atoms with Crippen LogP contribution in [-0.4, -0.2) is 24.8 Å². The van der Waals surface area contributed by atoms with Gasteiger partial charge in [-0.1, -0.05) is 25.7 Å². The average Bonchev–Trinajstić information content (AvgIpc) is 3.38. The van der Waals surface area contributed by atoms with Crippen LogP contribution in [0, 0.1) is 5.92 Å². The molecule has 0 amide bonds. The number of rotatable bonds is 5. The second kappa shape index (κ2) is 6.78. The molecule has 6 nitrogen and oxygen atoms in total. The molecule has 26 heavy (non-hydrogen) atoms. The Hall–Kier alpha value is -2.31. The Labute approximate surface area is 151 Å². The Morgan fingerprint density at radius 2 is 1.96 bits per heavy atom. The fraction of sp³-hybridized carbons (Fsp3) is 0.450. The lowest BCUT2D eigenvalue weighted by Gasteiger charge is -2.27. The summed E-state index contributed by atoms with van der Waals surface area (Å²) in [5.74, 6) is -0.977. The van der Waals surface area contributed by atoms with E-state index < -0.39 is 11.8 Å². The molecule has 1 atom stereocenters. The molecule has 1 aliphatic carbocycles. The number of carbonyl (C=O) groups is 1. The zero-order valence-electron chi connectivity index (χ0n) is 14.7. The van der Waals surface area contributed by atoms with Crippen molar-refractivity contribution in [1.82, 2.24) is 0 Å². The third-order valence-corrected chi connectivity index (χ3v) is 5.34. The normalized spacial score (nSPS) is 26.1. The standard InChI is InChI=1S/C20H22O6/c1-23-15-8-6-14(7-9-15)20(22)16(12-13-4-2-3-5-13)18(19(21)25-20)17-10-11-24-26-17/h6-10,13,22H,2-5,11-12H2,1H3. The minimum Gasteiger partial charge on any atom is -0.497 e. The lowest BCUT2D eigenvalue weighted by molar-refractivity contribution is -0.231. The highest BCUT2D eigenvalue weighted by Gasteiger charge is 2.50. The number of hydrogen-bond donors (Lipinski definition) is 1. The summed E-state index contributed by atoms with van der Waals surface area (Å²) in [6.45, 7) is 0.268. The van der Waals surface area contributed by atoms with Crippen LogP contribution in [-0.2, 0) is 25.1 Å². The van der Waals surface area contributed by atoms with Crippen molar-refractivity contribution in [2.24, 2.45) is 5.92 Å². The topological polar surface area (TPSA) is 74.2 Å². The molecule has 0 spiro atoms. The third kappa shape index (κ3) is 2.89. The number of cyclic esters (lactones) is 1. The molecule has 1 unspecified atom stereocenters. The first-order chi connectivity index (χ1) is 12.6. The number of ether oxygens (including phenoxy) is 2. The maximum Gasteiger partial charge on any atom is 0.345 e. The van der Waals surface area contributed by atoms with Crippen molar-refractivity contribution < 1.29 is 29.1 Å². The van der Waals surface area contributed by atoms with Gasteiger partial charge < -0.3 is 19.5 Å². The Morgan fingerprint density at radius 1 is 1.23 bits per heavy atom. The molecule has 0 bridgehead atoms. The summed E-state index contributed by atoms with van der Waals surface area (Å²) in [5.41, 5.74) is 1.33. The van der Waals surface area contributed by atoms with Crippen LogP contribution in [0.25, 0.3) is 0 Å². The molecule has 1 aromatic rings. The number of aliphatic hydroxyl groups is 1. The van der Waals surface area contributed by atoms with Crippen molar-refractivity contribution in [3.8, 4) is 5.75 Å². The Kier molecular flexibility index (Phi) is 4.46. The molecule has 0 radical (unpaired) electrons. The van der Waals surface area contributed by atoms with Gasteiger partial charge in [0.15, 0.2) is 5.76 Å². The van der Waals surface area contributed by atoms with E-state index in [-0.39, 0.29) is 12.2 Å². The fourth-order valence-electron chi connectivity index (χ4n) is 3.97. The van der Waals surface area contributed by atoms with Crippen LogP contribution in [0.5, 0.6) is 5.75 Å². The van der Waals surface area contributed by atoms with Gasteiger partial charge in [-0.2, -0.15) is 4.89 Å². The lowest BCUT2D eigenvalue weighted by Crippen LogP contribution is -2.29. The zero-order valence-corrected chi connectivity index (χ0v) is 14.7. The molecule has 0 saturated heterocycles. The van der Waals surface area contributed by atoms with Crippen molar-refractivity contribution in [2.75, 3.05) is 13.7 Å². The van der Waals surface area contributed by atoms with Crippen molar-refractivity contribution in [3.05, 3.63) is 52.8 Å². The van der Waals surface area contributed by atoms with Gasteiger partial charge in [0.1, 0.15) is 17.9 Å². The van der Waals surface area contributed by atoms with Crippen molar-refractivity contribution >= 4 is 5.97 Å². The minimum atomic E-state index is -1.80. The zero-order chi connectivity index (χ0) is 18.1. The number of esters is 1. The maximum absolute atomic E-state index is 12.6. The van der Waals surface area contributed by atoms with Crippen LogP contribution >= 0.6 is 0 Å². The molecule has 2 aliphatic heterocycles. The predicted molar refractivity (Wildman–Crippen MR) is 91.7 cm³/mol. The predicted octanol–water partition coefficient (Wildman–Crippen LogP) is 3.12. The van der Waals surface area contributed by atoms with Gasteiger partial charge in [-0.3, -0.25) is 0 Å². The van der Waals surface area contributed by atoms with Crippen molar-refractivity contribution in [3.63, 3.8) is 0 Å². The van der Waals surface area contributed by atoms with Gasteiger partial charge in [-0.05, 0) is 42.7 Å². The van der Waals surface area contributed by atoms with E-state index in [0.717, 1.165) is 12.8 Å². The Balaban J connectivity index is 1.77. The highest BCUT2D eigenvalue weighted by Crippen LogP contribution is 2.47. The van der Waals surface area contributed by atoms with Crippen LogP contribution in [0.15, 0.2) is 47.2 Å². The first-order valence-corrected chi connectivity index (χ1v) is 8.95. The minimum absolute atomic E-state index is 0.268. The quantitative estimate of drug-likeness (QED) is 0.644. The molecular formula is C20H22O6. The van der Waals surface area contributed by atoms with Gasteiger partial charge in [0.2, 0.25) is 0 Å². The number of hydrogen-bond acceptors (Lipinski definition) is 6. The SMILES string of the molecule is COc1ccc(C2(O)OC(=O)C(C3=CCOO3)=C2CC2CCCC2)cc1. The second-order valence-electron chi connectivity index (χ2n) is 6.91.